The molecule has 1 saturated carbocycles. The van der Waals surface area contributed by atoms with Gasteiger partial charge in [0.1, 0.15) is 5.69 Å². The standard InChI is InChI=1S/C19H21F3N4O2/c1-11(12-6-8-13(9-7-12)19(20,21)22)23-17(28)15-10-16(27)26-18(25-15)24-14-4-2-3-5-14/h6-11,14H,2-5H2,1H3,(H,23,28)(H2,24,25,26,27)/t11-/m1/s1. The minimum atomic E-state index is -4.41. The first kappa shape index (κ1) is 19.9. The third-order valence-corrected chi connectivity index (χ3v) is 4.76. The van der Waals surface area contributed by atoms with Crippen molar-refractivity contribution in [3.05, 3.63) is 57.5 Å². The van der Waals surface area contributed by atoms with Crippen molar-refractivity contribution in [2.24, 2.45) is 0 Å². The lowest BCUT2D eigenvalue weighted by Gasteiger charge is -2.16. The highest BCUT2D eigenvalue weighted by atomic mass is 19.4. The number of hydrogen-bond donors (Lipinski definition) is 3. The number of halogens is 3. The smallest absolute Gasteiger partial charge is 0.353 e. The van der Waals surface area contributed by atoms with E-state index in [1.54, 1.807) is 6.92 Å². The van der Waals surface area contributed by atoms with Crippen LogP contribution in [-0.2, 0) is 6.18 Å². The molecule has 3 N–H and O–H groups in total. The number of hydrogen-bond acceptors (Lipinski definition) is 4. The predicted molar refractivity (Wildman–Crippen MR) is 98.1 cm³/mol. The molecule has 1 aromatic heterocycles. The van der Waals surface area contributed by atoms with Gasteiger partial charge in [-0.1, -0.05) is 25.0 Å². The number of nitrogens with zero attached hydrogens (tertiary/aromatic N) is 1. The maximum atomic E-state index is 12.7. The van der Waals surface area contributed by atoms with Crippen LogP contribution in [0.3, 0.4) is 0 Å². The summed E-state index contributed by atoms with van der Waals surface area (Å²) in [6, 6.07) is 5.31. The average molecular weight is 394 g/mol. The van der Waals surface area contributed by atoms with Crippen molar-refractivity contribution < 1.29 is 18.0 Å². The molecule has 1 aliphatic carbocycles. The monoisotopic (exact) mass is 394 g/mol. The summed E-state index contributed by atoms with van der Waals surface area (Å²) < 4.78 is 38.0. The van der Waals surface area contributed by atoms with Crippen molar-refractivity contribution in [2.45, 2.75) is 50.9 Å². The highest BCUT2D eigenvalue weighted by Crippen LogP contribution is 2.30. The van der Waals surface area contributed by atoms with E-state index < -0.39 is 29.2 Å². The molecule has 2 aromatic rings. The summed E-state index contributed by atoms with van der Waals surface area (Å²) in [5.41, 5.74) is -0.755. The first-order valence-electron chi connectivity index (χ1n) is 9.08. The lowest BCUT2D eigenvalue weighted by atomic mass is 10.1. The molecular formula is C19H21F3N4O2. The Morgan fingerprint density at radius 2 is 1.86 bits per heavy atom. The van der Waals surface area contributed by atoms with E-state index in [9.17, 15) is 22.8 Å². The van der Waals surface area contributed by atoms with Crippen molar-refractivity contribution >= 4 is 11.9 Å². The highest BCUT2D eigenvalue weighted by Gasteiger charge is 2.30. The van der Waals surface area contributed by atoms with Crippen molar-refractivity contribution in [1.82, 2.24) is 15.3 Å². The number of anilines is 1. The SMILES string of the molecule is C[C@@H](NC(=O)c1cc(=O)[nH]c(NC2CCCC2)n1)c1ccc(C(F)(F)F)cc1. The molecule has 0 bridgehead atoms. The Labute approximate surface area is 159 Å². The normalized spacial score (nSPS) is 16.0. The molecule has 0 saturated heterocycles. The molecule has 1 atom stereocenters. The minimum absolute atomic E-state index is 0.0528. The first-order valence-corrected chi connectivity index (χ1v) is 9.08. The van der Waals surface area contributed by atoms with Gasteiger partial charge in [-0.3, -0.25) is 14.6 Å². The van der Waals surface area contributed by atoms with Gasteiger partial charge < -0.3 is 10.6 Å². The fourth-order valence-electron chi connectivity index (χ4n) is 3.22. The summed E-state index contributed by atoms with van der Waals surface area (Å²) in [7, 11) is 0. The summed E-state index contributed by atoms with van der Waals surface area (Å²) >= 11 is 0. The van der Waals surface area contributed by atoms with E-state index in [2.05, 4.69) is 20.6 Å². The van der Waals surface area contributed by atoms with Crippen LogP contribution in [0.4, 0.5) is 19.1 Å². The van der Waals surface area contributed by atoms with Gasteiger partial charge >= 0.3 is 6.18 Å². The Kier molecular flexibility index (Phi) is 5.71. The van der Waals surface area contributed by atoms with Crippen molar-refractivity contribution in [3.8, 4) is 0 Å². The molecule has 28 heavy (non-hydrogen) atoms. The van der Waals surface area contributed by atoms with Crippen LogP contribution in [0.5, 0.6) is 0 Å². The van der Waals surface area contributed by atoms with Gasteiger partial charge in [0.05, 0.1) is 11.6 Å². The van der Waals surface area contributed by atoms with Gasteiger partial charge in [0.15, 0.2) is 0 Å². The quantitative estimate of drug-likeness (QED) is 0.723. The maximum Gasteiger partial charge on any atom is 0.416 e. The van der Waals surface area contributed by atoms with E-state index in [1.807, 2.05) is 0 Å². The number of benzene rings is 1. The maximum absolute atomic E-state index is 12.7. The zero-order valence-electron chi connectivity index (χ0n) is 15.3. The van der Waals surface area contributed by atoms with Crippen LogP contribution >= 0.6 is 0 Å². The molecule has 0 aliphatic heterocycles. The van der Waals surface area contributed by atoms with Crippen LogP contribution in [0.25, 0.3) is 0 Å². The molecule has 1 aliphatic rings. The van der Waals surface area contributed by atoms with Gasteiger partial charge in [0, 0.05) is 12.1 Å². The number of aromatic nitrogens is 2. The zero-order valence-corrected chi connectivity index (χ0v) is 15.3. The molecule has 0 radical (unpaired) electrons. The van der Waals surface area contributed by atoms with Gasteiger partial charge in [-0.15, -0.1) is 0 Å². The Bertz CT molecular complexity index is 887. The number of carbonyl (C=O) groups excluding carboxylic acids is 1. The number of aromatic amines is 1. The third-order valence-electron chi connectivity index (χ3n) is 4.76. The number of amides is 1. The Morgan fingerprint density at radius 3 is 2.46 bits per heavy atom. The average Bonchev–Trinajstić information content (AvgIpc) is 3.13. The number of nitrogens with one attached hydrogen (secondary N) is 3. The Morgan fingerprint density at radius 1 is 1.21 bits per heavy atom. The molecule has 0 unspecified atom stereocenters. The lowest BCUT2D eigenvalue weighted by molar-refractivity contribution is -0.137. The lowest BCUT2D eigenvalue weighted by Crippen LogP contribution is -2.30. The molecule has 1 heterocycles. The summed E-state index contributed by atoms with van der Waals surface area (Å²) in [5.74, 6) is -0.334. The molecule has 1 amide bonds. The number of H-pyrrole nitrogens is 1. The van der Waals surface area contributed by atoms with E-state index in [1.165, 1.54) is 12.1 Å². The fraction of sp³-hybridized carbons (Fsp3) is 0.421. The molecule has 9 heteroatoms. The zero-order chi connectivity index (χ0) is 20.3. The van der Waals surface area contributed by atoms with Gasteiger partial charge in [0.2, 0.25) is 5.95 Å². The van der Waals surface area contributed by atoms with E-state index in [4.69, 9.17) is 0 Å². The van der Waals surface area contributed by atoms with Gasteiger partial charge in [-0.25, -0.2) is 4.98 Å². The van der Waals surface area contributed by atoms with Crippen molar-refractivity contribution in [1.29, 1.82) is 0 Å². The van der Waals surface area contributed by atoms with Crippen molar-refractivity contribution in [3.63, 3.8) is 0 Å². The third kappa shape index (κ3) is 4.90. The number of alkyl halides is 3. The molecule has 3 rings (SSSR count). The fourth-order valence-corrected chi connectivity index (χ4v) is 3.22. The Hall–Kier alpha value is -2.84. The summed E-state index contributed by atoms with van der Waals surface area (Å²) in [4.78, 5) is 31.0. The van der Waals surface area contributed by atoms with Crippen LogP contribution in [0.15, 0.2) is 35.1 Å². The van der Waals surface area contributed by atoms with Gasteiger partial charge in [-0.05, 0) is 37.5 Å². The van der Waals surface area contributed by atoms with E-state index in [0.29, 0.717) is 5.56 Å². The molecule has 1 fully saturated rings. The predicted octanol–water partition coefficient (Wildman–Crippen LogP) is 3.63. The van der Waals surface area contributed by atoms with E-state index in [-0.39, 0.29) is 17.7 Å². The highest BCUT2D eigenvalue weighted by molar-refractivity contribution is 5.92. The van der Waals surface area contributed by atoms with E-state index in [0.717, 1.165) is 43.9 Å². The Balaban J connectivity index is 1.69. The van der Waals surface area contributed by atoms with Crippen LogP contribution in [0.2, 0.25) is 0 Å². The molecular weight excluding hydrogens is 373 g/mol. The summed E-state index contributed by atoms with van der Waals surface area (Å²) in [6.45, 7) is 1.64. The van der Waals surface area contributed by atoms with E-state index >= 15 is 0 Å². The topological polar surface area (TPSA) is 86.9 Å². The molecule has 0 spiro atoms. The molecule has 150 valence electrons. The molecule has 1 aromatic carbocycles. The van der Waals surface area contributed by atoms with Crippen LogP contribution in [-0.4, -0.2) is 21.9 Å². The number of rotatable bonds is 5. The van der Waals surface area contributed by atoms with Crippen LogP contribution < -0.4 is 16.2 Å². The number of carbonyl (C=O) groups is 1. The van der Waals surface area contributed by atoms with Crippen LogP contribution in [0, 0.1) is 0 Å². The minimum Gasteiger partial charge on any atom is -0.353 e. The second-order valence-corrected chi connectivity index (χ2v) is 6.92. The van der Waals surface area contributed by atoms with Crippen molar-refractivity contribution in [2.75, 3.05) is 5.32 Å². The van der Waals surface area contributed by atoms with Gasteiger partial charge in [0.25, 0.3) is 11.5 Å². The largest absolute Gasteiger partial charge is 0.416 e. The van der Waals surface area contributed by atoms with Gasteiger partial charge in [-0.2, -0.15) is 13.2 Å². The van der Waals surface area contributed by atoms with Crippen LogP contribution in [0.1, 0.15) is 60.3 Å². The second-order valence-electron chi connectivity index (χ2n) is 6.92. The first-order chi connectivity index (χ1) is 13.2. The second kappa shape index (κ2) is 8.04. The molecule has 6 nitrogen and oxygen atoms in total. The summed E-state index contributed by atoms with van der Waals surface area (Å²) in [6.07, 6.45) is -0.252. The summed E-state index contributed by atoms with van der Waals surface area (Å²) in [5, 5.41) is 5.78.